The Labute approximate surface area is 117 Å². The normalized spacial score (nSPS) is 22.3. The Hall–Kier alpha value is -1.30. The number of ether oxygens (including phenoxy) is 1. The molecule has 1 aliphatic heterocycles. The largest absolute Gasteiger partial charge is 0.484 e. The van der Waals surface area contributed by atoms with Gasteiger partial charge < -0.3 is 20.1 Å². The van der Waals surface area contributed by atoms with Crippen molar-refractivity contribution in [1.82, 2.24) is 10.2 Å². The molecule has 1 fully saturated rings. The number of nitrogens with zero attached hydrogens (tertiary/aromatic N) is 1. The third-order valence-corrected chi connectivity index (χ3v) is 3.47. The van der Waals surface area contributed by atoms with Gasteiger partial charge in [-0.2, -0.15) is 0 Å². The van der Waals surface area contributed by atoms with Gasteiger partial charge in [-0.25, -0.2) is 0 Å². The molecular formula is C13H17ClN2O3. The van der Waals surface area contributed by atoms with Crippen LogP contribution < -0.4 is 10.1 Å². The van der Waals surface area contributed by atoms with Crippen LogP contribution in [-0.4, -0.2) is 54.8 Å². The van der Waals surface area contributed by atoms with Crippen LogP contribution in [0.2, 0.25) is 5.02 Å². The fourth-order valence-electron chi connectivity index (χ4n) is 2.01. The zero-order chi connectivity index (χ0) is 13.8. The zero-order valence-electron chi connectivity index (χ0n) is 10.7. The van der Waals surface area contributed by atoms with Crippen molar-refractivity contribution in [3.8, 4) is 5.75 Å². The topological polar surface area (TPSA) is 61.8 Å². The van der Waals surface area contributed by atoms with Crippen LogP contribution in [0.1, 0.15) is 0 Å². The number of aliphatic hydroxyl groups excluding tert-OH is 1. The van der Waals surface area contributed by atoms with Crippen molar-refractivity contribution in [2.24, 2.45) is 0 Å². The molecule has 0 aromatic heterocycles. The number of amides is 1. The smallest absolute Gasteiger partial charge is 0.260 e. The standard InChI is InChI=1S/C13H17ClN2O3/c1-16(11-6-15-7-12(11)17)13(18)8-19-10-4-2-9(14)3-5-10/h2-5,11-12,15,17H,6-8H2,1H3/t11-,12-/m1/s1. The van der Waals surface area contributed by atoms with Crippen molar-refractivity contribution in [3.63, 3.8) is 0 Å². The highest BCUT2D eigenvalue weighted by Gasteiger charge is 2.31. The molecule has 1 aromatic carbocycles. The molecule has 1 heterocycles. The number of hydrogen-bond acceptors (Lipinski definition) is 4. The second-order valence-electron chi connectivity index (χ2n) is 4.54. The van der Waals surface area contributed by atoms with E-state index in [2.05, 4.69) is 5.32 Å². The van der Waals surface area contributed by atoms with E-state index in [1.54, 1.807) is 31.3 Å². The van der Waals surface area contributed by atoms with Gasteiger partial charge in [0, 0.05) is 25.2 Å². The summed E-state index contributed by atoms with van der Waals surface area (Å²) in [5, 5.41) is 13.4. The minimum Gasteiger partial charge on any atom is -0.484 e. The fraction of sp³-hybridized carbons (Fsp3) is 0.462. The minimum atomic E-state index is -0.524. The predicted octanol–water partition coefficient (Wildman–Crippen LogP) is 0.510. The summed E-state index contributed by atoms with van der Waals surface area (Å²) in [7, 11) is 1.68. The number of rotatable bonds is 4. The van der Waals surface area contributed by atoms with E-state index in [4.69, 9.17) is 16.3 Å². The first-order valence-electron chi connectivity index (χ1n) is 6.10. The molecule has 19 heavy (non-hydrogen) atoms. The van der Waals surface area contributed by atoms with Crippen LogP contribution in [-0.2, 0) is 4.79 Å². The summed E-state index contributed by atoms with van der Waals surface area (Å²) in [4.78, 5) is 13.5. The lowest BCUT2D eigenvalue weighted by Gasteiger charge is -2.26. The Morgan fingerprint density at radius 1 is 1.47 bits per heavy atom. The molecule has 1 amide bonds. The number of carbonyl (C=O) groups is 1. The quantitative estimate of drug-likeness (QED) is 0.846. The maximum atomic E-state index is 12.0. The van der Waals surface area contributed by atoms with E-state index >= 15 is 0 Å². The number of nitrogens with one attached hydrogen (secondary N) is 1. The summed E-state index contributed by atoms with van der Waals surface area (Å²) in [5.41, 5.74) is 0. The molecule has 2 N–H and O–H groups in total. The van der Waals surface area contributed by atoms with Crippen LogP contribution in [0.25, 0.3) is 0 Å². The third-order valence-electron chi connectivity index (χ3n) is 3.22. The average molecular weight is 285 g/mol. The van der Waals surface area contributed by atoms with Crippen molar-refractivity contribution in [2.45, 2.75) is 12.1 Å². The number of hydrogen-bond donors (Lipinski definition) is 2. The molecule has 1 aliphatic rings. The van der Waals surface area contributed by atoms with Crippen molar-refractivity contribution < 1.29 is 14.6 Å². The molecule has 2 rings (SSSR count). The Morgan fingerprint density at radius 2 is 2.16 bits per heavy atom. The Balaban J connectivity index is 1.85. The molecule has 2 atom stereocenters. The molecule has 1 aromatic rings. The number of benzene rings is 1. The first kappa shape index (κ1) is 14.1. The van der Waals surface area contributed by atoms with Crippen LogP contribution >= 0.6 is 11.6 Å². The van der Waals surface area contributed by atoms with E-state index in [1.807, 2.05) is 0 Å². The molecule has 104 valence electrons. The van der Waals surface area contributed by atoms with Gasteiger partial charge in [0.2, 0.25) is 0 Å². The van der Waals surface area contributed by atoms with Crippen molar-refractivity contribution in [2.75, 3.05) is 26.7 Å². The van der Waals surface area contributed by atoms with Gasteiger partial charge in [-0.15, -0.1) is 0 Å². The van der Waals surface area contributed by atoms with Crippen LogP contribution in [0.15, 0.2) is 24.3 Å². The molecule has 1 saturated heterocycles. The van der Waals surface area contributed by atoms with Crippen molar-refractivity contribution >= 4 is 17.5 Å². The monoisotopic (exact) mass is 284 g/mol. The highest BCUT2D eigenvalue weighted by atomic mass is 35.5. The van der Waals surface area contributed by atoms with E-state index in [9.17, 15) is 9.90 Å². The van der Waals surface area contributed by atoms with Gasteiger partial charge in [0.1, 0.15) is 5.75 Å². The lowest BCUT2D eigenvalue weighted by atomic mass is 10.2. The number of carbonyl (C=O) groups excluding carboxylic acids is 1. The first-order chi connectivity index (χ1) is 9.08. The summed E-state index contributed by atoms with van der Waals surface area (Å²) >= 11 is 5.76. The molecule has 5 nitrogen and oxygen atoms in total. The summed E-state index contributed by atoms with van der Waals surface area (Å²) in [6, 6.07) is 6.63. The van der Waals surface area contributed by atoms with Gasteiger partial charge in [0.05, 0.1) is 12.1 Å². The number of likely N-dealkylation sites (N-methyl/N-ethyl adjacent to an activating group) is 1. The molecule has 0 bridgehead atoms. The highest BCUT2D eigenvalue weighted by molar-refractivity contribution is 6.30. The highest BCUT2D eigenvalue weighted by Crippen LogP contribution is 2.16. The van der Waals surface area contributed by atoms with Crippen molar-refractivity contribution in [1.29, 1.82) is 0 Å². The predicted molar refractivity (Wildman–Crippen MR) is 72.4 cm³/mol. The lowest BCUT2D eigenvalue weighted by molar-refractivity contribution is -0.135. The Morgan fingerprint density at radius 3 is 2.74 bits per heavy atom. The summed E-state index contributed by atoms with van der Waals surface area (Å²) in [6.45, 7) is 1.06. The van der Waals surface area contributed by atoms with E-state index in [1.165, 1.54) is 4.90 Å². The maximum absolute atomic E-state index is 12.0. The van der Waals surface area contributed by atoms with E-state index < -0.39 is 6.10 Å². The van der Waals surface area contributed by atoms with Gasteiger partial charge in [0.25, 0.3) is 5.91 Å². The molecule has 6 heteroatoms. The maximum Gasteiger partial charge on any atom is 0.260 e. The fourth-order valence-corrected chi connectivity index (χ4v) is 2.13. The van der Waals surface area contributed by atoms with Gasteiger partial charge in [0.15, 0.2) is 6.61 Å². The number of β-amino-alcohol motifs (C(OH)–C–C–N with tert-alkyl or cyclic N) is 1. The minimum absolute atomic E-state index is 0.0542. The molecule has 0 aliphatic carbocycles. The van der Waals surface area contributed by atoms with E-state index in [0.29, 0.717) is 23.9 Å². The molecule has 0 unspecified atom stereocenters. The van der Waals surface area contributed by atoms with Gasteiger partial charge in [-0.05, 0) is 24.3 Å². The van der Waals surface area contributed by atoms with Gasteiger partial charge in [-0.3, -0.25) is 4.79 Å². The molecule has 0 radical (unpaired) electrons. The molecule has 0 saturated carbocycles. The third kappa shape index (κ3) is 3.59. The molecular weight excluding hydrogens is 268 g/mol. The SMILES string of the molecule is CN(C(=O)COc1ccc(Cl)cc1)[C@@H]1CNC[C@H]1O. The summed E-state index contributed by atoms with van der Waals surface area (Å²) < 4.78 is 5.39. The second kappa shape index (κ2) is 6.23. The average Bonchev–Trinajstić information content (AvgIpc) is 2.83. The number of halogens is 1. The Kier molecular flexibility index (Phi) is 4.63. The van der Waals surface area contributed by atoms with Crippen molar-refractivity contribution in [3.05, 3.63) is 29.3 Å². The van der Waals surface area contributed by atoms with Crippen LogP contribution in [0.3, 0.4) is 0 Å². The van der Waals surface area contributed by atoms with Crippen LogP contribution in [0, 0.1) is 0 Å². The Bertz CT molecular complexity index is 438. The van der Waals surface area contributed by atoms with E-state index in [0.717, 1.165) is 0 Å². The van der Waals surface area contributed by atoms with E-state index in [-0.39, 0.29) is 18.6 Å². The van der Waals surface area contributed by atoms with Crippen LogP contribution in [0.4, 0.5) is 0 Å². The summed E-state index contributed by atoms with van der Waals surface area (Å²) in [5.74, 6) is 0.430. The first-order valence-corrected chi connectivity index (χ1v) is 6.48. The lowest BCUT2D eigenvalue weighted by Crippen LogP contribution is -2.46. The number of aliphatic hydroxyl groups is 1. The molecule has 0 spiro atoms. The zero-order valence-corrected chi connectivity index (χ0v) is 11.4. The summed E-state index contributed by atoms with van der Waals surface area (Å²) in [6.07, 6.45) is -0.524. The second-order valence-corrected chi connectivity index (χ2v) is 4.98. The van der Waals surface area contributed by atoms with Crippen LogP contribution in [0.5, 0.6) is 5.75 Å². The van der Waals surface area contributed by atoms with Gasteiger partial charge >= 0.3 is 0 Å². The van der Waals surface area contributed by atoms with Gasteiger partial charge in [-0.1, -0.05) is 11.6 Å².